The molecule has 128 valence electrons. The molecule has 5 nitrogen and oxygen atoms in total. The maximum Gasteiger partial charge on any atom is 0.243 e. The molecule has 0 unspecified atom stereocenters. The van der Waals surface area contributed by atoms with Crippen molar-refractivity contribution >= 4 is 50.7 Å². The molecular weight excluding hydrogens is 348 g/mol. The standard InChI is InChI=1S/C20H15ClN4O/c21-20-24-17-8-4-3-7-16(17)19(25-20)22-12-18(26)23-15-10-9-13-5-1-2-6-14(13)11-15/h1-11H,12H2,(H,23,26)(H,22,24,25). The average Bonchev–Trinajstić information content (AvgIpc) is 2.66. The molecule has 4 rings (SSSR count). The van der Waals surface area contributed by atoms with Gasteiger partial charge in [0.05, 0.1) is 12.1 Å². The third kappa shape index (κ3) is 3.43. The second-order valence-electron chi connectivity index (χ2n) is 5.82. The van der Waals surface area contributed by atoms with Gasteiger partial charge >= 0.3 is 0 Å². The van der Waals surface area contributed by atoms with Gasteiger partial charge in [0.25, 0.3) is 0 Å². The second-order valence-corrected chi connectivity index (χ2v) is 6.16. The minimum absolute atomic E-state index is 0.0736. The molecule has 3 aromatic carbocycles. The number of para-hydroxylation sites is 1. The molecule has 0 spiro atoms. The van der Waals surface area contributed by atoms with Crippen molar-refractivity contribution in [2.75, 3.05) is 17.2 Å². The lowest BCUT2D eigenvalue weighted by atomic mass is 10.1. The summed E-state index contributed by atoms with van der Waals surface area (Å²) in [6.45, 7) is 0.0736. The number of benzene rings is 3. The SMILES string of the molecule is O=C(CNc1nc(Cl)nc2ccccc12)Nc1ccc2ccccc2c1. The number of halogens is 1. The maximum absolute atomic E-state index is 12.3. The van der Waals surface area contributed by atoms with Gasteiger partial charge in [0.1, 0.15) is 5.82 Å². The van der Waals surface area contributed by atoms with Crippen LogP contribution in [0.1, 0.15) is 0 Å². The monoisotopic (exact) mass is 362 g/mol. The number of hydrogen-bond acceptors (Lipinski definition) is 4. The predicted octanol–water partition coefficient (Wildman–Crippen LogP) is 4.49. The molecule has 4 aromatic rings. The van der Waals surface area contributed by atoms with Gasteiger partial charge in [-0.15, -0.1) is 0 Å². The number of nitrogens with zero attached hydrogens (tertiary/aromatic N) is 2. The second kappa shape index (κ2) is 6.98. The average molecular weight is 363 g/mol. The van der Waals surface area contributed by atoms with Crippen LogP contribution >= 0.6 is 11.6 Å². The summed E-state index contributed by atoms with van der Waals surface area (Å²) in [6.07, 6.45) is 0. The molecule has 1 heterocycles. The Kier molecular flexibility index (Phi) is 4.37. The van der Waals surface area contributed by atoms with E-state index in [1.54, 1.807) is 0 Å². The van der Waals surface area contributed by atoms with Gasteiger partial charge in [-0.1, -0.05) is 42.5 Å². The number of anilines is 2. The topological polar surface area (TPSA) is 66.9 Å². The zero-order valence-corrected chi connectivity index (χ0v) is 14.5. The summed E-state index contributed by atoms with van der Waals surface area (Å²) in [5.74, 6) is 0.369. The summed E-state index contributed by atoms with van der Waals surface area (Å²) >= 11 is 5.96. The third-order valence-corrected chi connectivity index (χ3v) is 4.19. The van der Waals surface area contributed by atoms with E-state index in [1.165, 1.54) is 0 Å². The lowest BCUT2D eigenvalue weighted by Gasteiger charge is -2.10. The van der Waals surface area contributed by atoms with Gasteiger partial charge in [0, 0.05) is 11.1 Å². The van der Waals surface area contributed by atoms with E-state index in [1.807, 2.05) is 66.7 Å². The van der Waals surface area contributed by atoms with Crippen molar-refractivity contribution in [2.24, 2.45) is 0 Å². The first-order valence-corrected chi connectivity index (χ1v) is 8.52. The highest BCUT2D eigenvalue weighted by atomic mass is 35.5. The number of amides is 1. The van der Waals surface area contributed by atoms with Gasteiger partial charge in [-0.05, 0) is 46.6 Å². The third-order valence-electron chi connectivity index (χ3n) is 4.03. The van der Waals surface area contributed by atoms with Crippen molar-refractivity contribution in [3.05, 3.63) is 72.0 Å². The molecule has 1 amide bonds. The van der Waals surface area contributed by atoms with Crippen LogP contribution in [0.3, 0.4) is 0 Å². The molecule has 2 N–H and O–H groups in total. The molecule has 0 aliphatic heterocycles. The minimum atomic E-state index is -0.168. The van der Waals surface area contributed by atoms with Gasteiger partial charge in [-0.3, -0.25) is 4.79 Å². The summed E-state index contributed by atoms with van der Waals surface area (Å²) < 4.78 is 0. The van der Waals surface area contributed by atoms with Crippen LogP contribution in [0.5, 0.6) is 0 Å². The largest absolute Gasteiger partial charge is 0.360 e. The van der Waals surface area contributed by atoms with Crippen LogP contribution in [-0.2, 0) is 4.79 Å². The van der Waals surface area contributed by atoms with E-state index in [0.717, 1.165) is 27.4 Å². The van der Waals surface area contributed by atoms with Crippen LogP contribution in [0.25, 0.3) is 21.7 Å². The normalized spacial score (nSPS) is 10.8. The highest BCUT2D eigenvalue weighted by Gasteiger charge is 2.08. The Morgan fingerprint density at radius 3 is 2.58 bits per heavy atom. The zero-order chi connectivity index (χ0) is 17.9. The van der Waals surface area contributed by atoms with Gasteiger partial charge in [0.2, 0.25) is 11.2 Å². The molecule has 0 saturated carbocycles. The van der Waals surface area contributed by atoms with Gasteiger partial charge in [0.15, 0.2) is 0 Å². The summed E-state index contributed by atoms with van der Waals surface area (Å²) in [6, 6.07) is 21.3. The number of hydrogen-bond donors (Lipinski definition) is 2. The fraction of sp³-hybridized carbons (Fsp3) is 0.0500. The van der Waals surface area contributed by atoms with Crippen LogP contribution < -0.4 is 10.6 Å². The van der Waals surface area contributed by atoms with Gasteiger partial charge in [-0.2, -0.15) is 0 Å². The molecule has 6 heteroatoms. The van der Waals surface area contributed by atoms with Crippen LogP contribution in [0.2, 0.25) is 5.28 Å². The van der Waals surface area contributed by atoms with E-state index in [-0.39, 0.29) is 17.7 Å². The number of carbonyl (C=O) groups excluding carboxylic acids is 1. The van der Waals surface area contributed by atoms with E-state index in [9.17, 15) is 4.79 Å². The van der Waals surface area contributed by atoms with E-state index in [4.69, 9.17) is 11.6 Å². The molecule has 0 fully saturated rings. The molecule has 0 bridgehead atoms. The van der Waals surface area contributed by atoms with Crippen molar-refractivity contribution in [3.8, 4) is 0 Å². The van der Waals surface area contributed by atoms with Gasteiger partial charge in [-0.25, -0.2) is 9.97 Å². The number of carbonyl (C=O) groups is 1. The first-order valence-electron chi connectivity index (χ1n) is 8.14. The lowest BCUT2D eigenvalue weighted by molar-refractivity contribution is -0.114. The van der Waals surface area contributed by atoms with E-state index in [2.05, 4.69) is 20.6 Å². The Labute approximate surface area is 155 Å². The Bertz CT molecular complexity index is 1110. The maximum atomic E-state index is 12.3. The predicted molar refractivity (Wildman–Crippen MR) is 106 cm³/mol. The Morgan fingerprint density at radius 1 is 0.923 bits per heavy atom. The molecule has 0 aliphatic carbocycles. The molecule has 1 aromatic heterocycles. The van der Waals surface area contributed by atoms with Crippen molar-refractivity contribution < 1.29 is 4.79 Å². The smallest absolute Gasteiger partial charge is 0.243 e. The van der Waals surface area contributed by atoms with Crippen LogP contribution in [-0.4, -0.2) is 22.4 Å². The fourth-order valence-corrected chi connectivity index (χ4v) is 2.99. The summed E-state index contributed by atoms with van der Waals surface area (Å²) in [5.41, 5.74) is 1.48. The van der Waals surface area contributed by atoms with Crippen molar-refractivity contribution in [1.29, 1.82) is 0 Å². The van der Waals surface area contributed by atoms with E-state index >= 15 is 0 Å². The highest BCUT2D eigenvalue weighted by Crippen LogP contribution is 2.22. The van der Waals surface area contributed by atoms with E-state index < -0.39 is 0 Å². The van der Waals surface area contributed by atoms with Crippen LogP contribution in [0.15, 0.2) is 66.7 Å². The van der Waals surface area contributed by atoms with Crippen molar-refractivity contribution in [2.45, 2.75) is 0 Å². The highest BCUT2D eigenvalue weighted by molar-refractivity contribution is 6.28. The Balaban J connectivity index is 1.48. The molecule has 0 aliphatic rings. The van der Waals surface area contributed by atoms with Gasteiger partial charge < -0.3 is 10.6 Å². The molecule has 0 saturated heterocycles. The molecule has 0 atom stereocenters. The Morgan fingerprint density at radius 2 is 1.69 bits per heavy atom. The van der Waals surface area contributed by atoms with Crippen molar-refractivity contribution in [3.63, 3.8) is 0 Å². The molecule has 26 heavy (non-hydrogen) atoms. The summed E-state index contributed by atoms with van der Waals surface area (Å²) in [7, 11) is 0. The fourth-order valence-electron chi connectivity index (χ4n) is 2.82. The quantitative estimate of drug-likeness (QED) is 0.525. The van der Waals surface area contributed by atoms with Crippen molar-refractivity contribution in [1.82, 2.24) is 9.97 Å². The van der Waals surface area contributed by atoms with E-state index in [0.29, 0.717) is 5.82 Å². The molecule has 0 radical (unpaired) electrons. The minimum Gasteiger partial charge on any atom is -0.360 e. The van der Waals surface area contributed by atoms with Crippen LogP contribution in [0, 0.1) is 0 Å². The lowest BCUT2D eigenvalue weighted by Crippen LogP contribution is -2.22. The first kappa shape index (κ1) is 16.3. The number of rotatable bonds is 4. The Hall–Kier alpha value is -3.18. The first-order chi connectivity index (χ1) is 12.7. The zero-order valence-electron chi connectivity index (χ0n) is 13.7. The summed E-state index contributed by atoms with van der Waals surface area (Å²) in [4.78, 5) is 20.7. The number of nitrogens with one attached hydrogen (secondary N) is 2. The number of aromatic nitrogens is 2. The number of fused-ring (bicyclic) bond motifs is 2. The summed E-state index contributed by atoms with van der Waals surface area (Å²) in [5, 5.41) is 9.09. The molecular formula is C20H15ClN4O. The van der Waals surface area contributed by atoms with Crippen LogP contribution in [0.4, 0.5) is 11.5 Å².